The van der Waals surface area contributed by atoms with Gasteiger partial charge in [-0.3, -0.25) is 4.98 Å². The van der Waals surface area contributed by atoms with Gasteiger partial charge in [-0.1, -0.05) is 11.6 Å². The molecule has 82 valence electrons. The average Bonchev–Trinajstić information content (AvgIpc) is 2.30. The van der Waals surface area contributed by atoms with Crippen LogP contribution in [0.1, 0.15) is 0 Å². The summed E-state index contributed by atoms with van der Waals surface area (Å²) in [6.45, 7) is 0. The van der Waals surface area contributed by atoms with Crippen molar-refractivity contribution < 1.29 is 9.84 Å². The Morgan fingerprint density at radius 1 is 1.31 bits per heavy atom. The lowest BCUT2D eigenvalue weighted by Gasteiger charge is -2.09. The van der Waals surface area contributed by atoms with E-state index in [0.717, 1.165) is 0 Å². The van der Waals surface area contributed by atoms with Gasteiger partial charge in [0.05, 0.1) is 7.11 Å². The van der Waals surface area contributed by atoms with Crippen LogP contribution in [-0.4, -0.2) is 17.2 Å². The Kier molecular flexibility index (Phi) is 2.97. The molecule has 0 fully saturated rings. The topological polar surface area (TPSA) is 42.4 Å². The number of hydrogen-bond acceptors (Lipinski definition) is 3. The van der Waals surface area contributed by atoms with Gasteiger partial charge in [-0.2, -0.15) is 0 Å². The summed E-state index contributed by atoms with van der Waals surface area (Å²) in [5.74, 6) is 0.699. The van der Waals surface area contributed by atoms with Crippen molar-refractivity contribution in [3.8, 4) is 22.8 Å². The number of benzene rings is 1. The second-order valence-corrected chi connectivity index (χ2v) is 3.65. The van der Waals surface area contributed by atoms with Crippen molar-refractivity contribution in [1.82, 2.24) is 4.98 Å². The number of ether oxygens (including phenoxy) is 1. The van der Waals surface area contributed by atoms with Gasteiger partial charge in [-0.25, -0.2) is 0 Å². The molecule has 0 radical (unpaired) electrons. The van der Waals surface area contributed by atoms with Crippen LogP contribution in [0.5, 0.6) is 11.5 Å². The molecule has 0 atom stereocenters. The molecule has 1 heterocycles. The molecular formula is C12H10ClNO2. The van der Waals surface area contributed by atoms with Crippen molar-refractivity contribution in [3.63, 3.8) is 0 Å². The Labute approximate surface area is 98.3 Å². The number of hydrogen-bond donors (Lipinski definition) is 1. The summed E-state index contributed by atoms with van der Waals surface area (Å²) in [6, 6.07) is 8.43. The fourth-order valence-corrected chi connectivity index (χ4v) is 1.63. The first kappa shape index (κ1) is 10.8. The quantitative estimate of drug-likeness (QED) is 0.870. The van der Waals surface area contributed by atoms with E-state index < -0.39 is 0 Å². The molecule has 0 saturated heterocycles. The lowest BCUT2D eigenvalue weighted by Crippen LogP contribution is -1.90. The number of pyridine rings is 1. The van der Waals surface area contributed by atoms with Gasteiger partial charge in [0, 0.05) is 16.8 Å². The summed E-state index contributed by atoms with van der Waals surface area (Å²) in [5.41, 5.74) is 1.20. The first-order valence-electron chi connectivity index (χ1n) is 4.70. The third-order valence-corrected chi connectivity index (χ3v) is 2.44. The molecule has 0 saturated carbocycles. The summed E-state index contributed by atoms with van der Waals surface area (Å²) >= 11 is 5.86. The lowest BCUT2D eigenvalue weighted by molar-refractivity contribution is 0.415. The van der Waals surface area contributed by atoms with Gasteiger partial charge < -0.3 is 9.84 Å². The van der Waals surface area contributed by atoms with Gasteiger partial charge in [0.1, 0.15) is 17.2 Å². The molecule has 1 aromatic heterocycles. The SMILES string of the molecule is COc1cc(Cl)ccc1-c1ncccc1O. The molecule has 1 aromatic carbocycles. The Bertz CT molecular complexity index is 514. The van der Waals surface area contributed by atoms with Gasteiger partial charge in [-0.05, 0) is 30.3 Å². The number of nitrogens with zero attached hydrogens (tertiary/aromatic N) is 1. The van der Waals surface area contributed by atoms with Crippen molar-refractivity contribution in [1.29, 1.82) is 0 Å². The van der Waals surface area contributed by atoms with Crippen LogP contribution in [0.15, 0.2) is 36.5 Å². The summed E-state index contributed by atoms with van der Waals surface area (Å²) in [4.78, 5) is 4.11. The third-order valence-electron chi connectivity index (χ3n) is 2.21. The summed E-state index contributed by atoms with van der Waals surface area (Å²) in [6.07, 6.45) is 1.61. The largest absolute Gasteiger partial charge is 0.506 e. The molecular weight excluding hydrogens is 226 g/mol. The zero-order valence-corrected chi connectivity index (χ0v) is 9.40. The van der Waals surface area contributed by atoms with Crippen molar-refractivity contribution in [3.05, 3.63) is 41.6 Å². The van der Waals surface area contributed by atoms with Gasteiger partial charge in [0.25, 0.3) is 0 Å². The van der Waals surface area contributed by atoms with Crippen LogP contribution >= 0.6 is 11.6 Å². The molecule has 1 N–H and O–H groups in total. The number of rotatable bonds is 2. The molecule has 2 aromatic rings. The van der Waals surface area contributed by atoms with E-state index in [1.165, 1.54) is 0 Å². The molecule has 4 heteroatoms. The van der Waals surface area contributed by atoms with Gasteiger partial charge in [0.15, 0.2) is 0 Å². The number of aromatic nitrogens is 1. The lowest BCUT2D eigenvalue weighted by atomic mass is 10.1. The van der Waals surface area contributed by atoms with Crippen LogP contribution in [0.3, 0.4) is 0 Å². The number of methoxy groups -OCH3 is 1. The smallest absolute Gasteiger partial charge is 0.141 e. The monoisotopic (exact) mass is 235 g/mol. The molecule has 0 aliphatic carbocycles. The van der Waals surface area contributed by atoms with Crippen molar-refractivity contribution >= 4 is 11.6 Å². The normalized spacial score (nSPS) is 10.1. The maximum Gasteiger partial charge on any atom is 0.141 e. The zero-order valence-electron chi connectivity index (χ0n) is 8.64. The highest BCUT2D eigenvalue weighted by atomic mass is 35.5. The predicted molar refractivity (Wildman–Crippen MR) is 62.9 cm³/mol. The molecule has 16 heavy (non-hydrogen) atoms. The minimum absolute atomic E-state index is 0.114. The van der Waals surface area contributed by atoms with Crippen molar-refractivity contribution in [2.75, 3.05) is 7.11 Å². The average molecular weight is 236 g/mol. The molecule has 0 spiro atoms. The Balaban J connectivity index is 2.60. The Hall–Kier alpha value is -1.74. The fourth-order valence-electron chi connectivity index (χ4n) is 1.47. The highest BCUT2D eigenvalue weighted by Crippen LogP contribution is 2.35. The molecule has 0 amide bonds. The molecule has 0 bridgehead atoms. The Morgan fingerprint density at radius 2 is 2.12 bits per heavy atom. The summed E-state index contributed by atoms with van der Waals surface area (Å²) < 4.78 is 5.20. The van der Waals surface area contributed by atoms with E-state index in [2.05, 4.69) is 4.98 Å². The van der Waals surface area contributed by atoms with E-state index in [9.17, 15) is 5.11 Å². The van der Waals surface area contributed by atoms with E-state index in [-0.39, 0.29) is 5.75 Å². The van der Waals surface area contributed by atoms with E-state index >= 15 is 0 Å². The zero-order chi connectivity index (χ0) is 11.5. The summed E-state index contributed by atoms with van der Waals surface area (Å²) in [7, 11) is 1.55. The molecule has 3 nitrogen and oxygen atoms in total. The molecule has 0 unspecified atom stereocenters. The molecule has 2 rings (SSSR count). The molecule has 0 aliphatic rings. The first-order chi connectivity index (χ1) is 7.72. The van der Waals surface area contributed by atoms with E-state index in [4.69, 9.17) is 16.3 Å². The standard InChI is InChI=1S/C12H10ClNO2/c1-16-11-7-8(13)4-5-9(11)12-10(15)3-2-6-14-12/h2-7,15H,1H3. The molecule has 0 aliphatic heterocycles. The van der Waals surface area contributed by atoms with Gasteiger partial charge in [0.2, 0.25) is 0 Å². The first-order valence-corrected chi connectivity index (χ1v) is 5.08. The number of aromatic hydroxyl groups is 1. The second-order valence-electron chi connectivity index (χ2n) is 3.22. The highest BCUT2D eigenvalue weighted by molar-refractivity contribution is 6.30. The van der Waals surface area contributed by atoms with Crippen LogP contribution < -0.4 is 4.74 Å². The van der Waals surface area contributed by atoms with E-state index in [1.807, 2.05) is 0 Å². The minimum Gasteiger partial charge on any atom is -0.506 e. The van der Waals surface area contributed by atoms with Crippen molar-refractivity contribution in [2.24, 2.45) is 0 Å². The van der Waals surface area contributed by atoms with Gasteiger partial charge in [-0.15, -0.1) is 0 Å². The maximum atomic E-state index is 9.70. The second kappa shape index (κ2) is 4.41. The minimum atomic E-state index is 0.114. The van der Waals surface area contributed by atoms with Crippen molar-refractivity contribution in [2.45, 2.75) is 0 Å². The van der Waals surface area contributed by atoms with E-state index in [1.54, 1.807) is 43.6 Å². The fraction of sp³-hybridized carbons (Fsp3) is 0.0833. The van der Waals surface area contributed by atoms with E-state index in [0.29, 0.717) is 22.0 Å². The van der Waals surface area contributed by atoms with Crippen LogP contribution in [-0.2, 0) is 0 Å². The summed E-state index contributed by atoms with van der Waals surface area (Å²) in [5, 5.41) is 10.3. The predicted octanol–water partition coefficient (Wildman–Crippen LogP) is 3.12. The highest BCUT2D eigenvalue weighted by Gasteiger charge is 2.11. The van der Waals surface area contributed by atoms with Gasteiger partial charge >= 0.3 is 0 Å². The van der Waals surface area contributed by atoms with Crippen LogP contribution in [0.2, 0.25) is 5.02 Å². The Morgan fingerprint density at radius 3 is 2.81 bits per heavy atom. The third kappa shape index (κ3) is 1.95. The van der Waals surface area contributed by atoms with Crippen LogP contribution in [0, 0.1) is 0 Å². The number of halogens is 1. The van der Waals surface area contributed by atoms with Crippen LogP contribution in [0.4, 0.5) is 0 Å². The van der Waals surface area contributed by atoms with Crippen LogP contribution in [0.25, 0.3) is 11.3 Å². The maximum absolute atomic E-state index is 9.70.